The number of benzene rings is 2. The number of rotatable bonds is 7. The molecule has 2 rings (SSSR count). The topological polar surface area (TPSA) is 93.5 Å². The second-order valence-electron chi connectivity index (χ2n) is 4.20. The number of nitrogen functional groups attached to an aromatic ring is 1. The highest BCUT2D eigenvalue weighted by atomic mass is 32.2. The maximum Gasteiger partial charge on any atom is 0.242 e. The van der Waals surface area contributed by atoms with Gasteiger partial charge in [0.2, 0.25) is 10.0 Å². The Bertz CT molecular complexity index is 675. The van der Waals surface area contributed by atoms with Crippen LogP contribution in [0, 0.1) is 0 Å². The Morgan fingerprint density at radius 1 is 1.00 bits per heavy atom. The van der Waals surface area contributed by atoms with Crippen LogP contribution in [0.2, 0.25) is 0 Å². The number of nitrogens with two attached hydrogens (primary N) is 1. The Balaban J connectivity index is 1.93. The van der Waals surface area contributed by atoms with Gasteiger partial charge >= 0.3 is 0 Å². The average molecular weight is 307 g/mol. The number of sulfonamides is 1. The van der Waals surface area contributed by atoms with Gasteiger partial charge in [0.25, 0.3) is 0 Å². The van der Waals surface area contributed by atoms with E-state index in [1.54, 1.807) is 18.2 Å². The van der Waals surface area contributed by atoms with E-state index in [4.69, 9.17) is 10.6 Å². The fourth-order valence-electron chi connectivity index (χ4n) is 1.76. The van der Waals surface area contributed by atoms with Gasteiger partial charge in [0.1, 0.15) is 17.3 Å². The van der Waals surface area contributed by atoms with Crippen LogP contribution in [0.15, 0.2) is 59.5 Å². The maximum atomic E-state index is 12.2. The van der Waals surface area contributed by atoms with Crippen molar-refractivity contribution in [3.63, 3.8) is 0 Å². The lowest BCUT2D eigenvalue weighted by molar-refractivity contribution is 0.323. The molecular weight excluding hydrogens is 290 g/mol. The summed E-state index contributed by atoms with van der Waals surface area (Å²) in [5.74, 6) is 6.01. The minimum atomic E-state index is -3.63. The fraction of sp³-hybridized carbons (Fsp3) is 0.143. The summed E-state index contributed by atoms with van der Waals surface area (Å²) in [6.07, 6.45) is 0. The summed E-state index contributed by atoms with van der Waals surface area (Å²) in [7, 11) is -3.63. The minimum Gasteiger partial charge on any atom is -0.492 e. The highest BCUT2D eigenvalue weighted by Crippen LogP contribution is 2.19. The van der Waals surface area contributed by atoms with Gasteiger partial charge in [0, 0.05) is 6.54 Å². The van der Waals surface area contributed by atoms with Crippen LogP contribution in [0.4, 0.5) is 5.69 Å². The molecule has 2 aromatic carbocycles. The predicted octanol–water partition coefficient (Wildman–Crippen LogP) is 1.33. The molecule has 0 spiro atoms. The fourth-order valence-corrected chi connectivity index (χ4v) is 2.94. The molecule has 0 unspecified atom stereocenters. The van der Waals surface area contributed by atoms with Gasteiger partial charge < -0.3 is 10.2 Å². The first-order valence-electron chi connectivity index (χ1n) is 6.36. The molecule has 6 nitrogen and oxygen atoms in total. The second kappa shape index (κ2) is 7.07. The van der Waals surface area contributed by atoms with Crippen molar-refractivity contribution in [3.05, 3.63) is 54.6 Å². The molecule has 0 fully saturated rings. The van der Waals surface area contributed by atoms with Gasteiger partial charge in [-0.25, -0.2) is 13.1 Å². The number of nitrogens with one attached hydrogen (secondary N) is 2. The Hall–Kier alpha value is -2.09. The summed E-state index contributed by atoms with van der Waals surface area (Å²) in [6, 6.07) is 15.6. The van der Waals surface area contributed by atoms with Crippen LogP contribution < -0.4 is 20.7 Å². The Kier molecular flexibility index (Phi) is 5.15. The van der Waals surface area contributed by atoms with Crippen LogP contribution in [-0.2, 0) is 10.0 Å². The number of para-hydroxylation sites is 2. The van der Waals surface area contributed by atoms with Crippen molar-refractivity contribution in [1.29, 1.82) is 0 Å². The molecule has 0 aromatic heterocycles. The SMILES string of the molecule is NNc1ccccc1S(=O)(=O)NCCOc1ccccc1. The molecular formula is C14H17N3O3S. The van der Waals surface area contributed by atoms with Crippen molar-refractivity contribution >= 4 is 15.7 Å². The molecule has 2 aromatic rings. The lowest BCUT2D eigenvalue weighted by Crippen LogP contribution is -2.29. The van der Waals surface area contributed by atoms with Crippen LogP contribution in [0.25, 0.3) is 0 Å². The molecule has 112 valence electrons. The number of hydrogen-bond donors (Lipinski definition) is 3. The third-order valence-corrected chi connectivity index (χ3v) is 4.26. The zero-order valence-electron chi connectivity index (χ0n) is 11.3. The van der Waals surface area contributed by atoms with Crippen molar-refractivity contribution < 1.29 is 13.2 Å². The molecule has 4 N–H and O–H groups in total. The summed E-state index contributed by atoms with van der Waals surface area (Å²) in [4.78, 5) is 0.104. The molecule has 7 heteroatoms. The van der Waals surface area contributed by atoms with Gasteiger partial charge in [-0.05, 0) is 24.3 Å². The normalized spacial score (nSPS) is 11.1. The molecule has 0 atom stereocenters. The van der Waals surface area contributed by atoms with Crippen LogP contribution in [0.3, 0.4) is 0 Å². The first-order chi connectivity index (χ1) is 10.1. The number of hydrazine groups is 1. The Morgan fingerprint density at radius 3 is 2.38 bits per heavy atom. The lowest BCUT2D eigenvalue weighted by atomic mass is 10.3. The molecule has 0 radical (unpaired) electrons. The largest absolute Gasteiger partial charge is 0.492 e. The average Bonchev–Trinajstić information content (AvgIpc) is 2.52. The van der Waals surface area contributed by atoms with Crippen LogP contribution in [0.1, 0.15) is 0 Å². The van der Waals surface area contributed by atoms with Crippen molar-refractivity contribution in [2.24, 2.45) is 5.84 Å². The van der Waals surface area contributed by atoms with E-state index in [1.165, 1.54) is 6.07 Å². The predicted molar refractivity (Wildman–Crippen MR) is 81.4 cm³/mol. The zero-order chi connectivity index (χ0) is 15.1. The van der Waals surface area contributed by atoms with Crippen molar-refractivity contribution in [3.8, 4) is 5.75 Å². The van der Waals surface area contributed by atoms with E-state index in [-0.39, 0.29) is 18.0 Å². The molecule has 0 aliphatic carbocycles. The van der Waals surface area contributed by atoms with E-state index in [2.05, 4.69) is 10.1 Å². The van der Waals surface area contributed by atoms with E-state index in [9.17, 15) is 8.42 Å². The van der Waals surface area contributed by atoms with Gasteiger partial charge in [-0.1, -0.05) is 30.3 Å². The van der Waals surface area contributed by atoms with Crippen LogP contribution in [-0.4, -0.2) is 21.6 Å². The molecule has 0 saturated carbocycles. The molecule has 21 heavy (non-hydrogen) atoms. The van der Waals surface area contributed by atoms with E-state index in [1.807, 2.05) is 30.3 Å². The Labute approximate surface area is 124 Å². The third kappa shape index (κ3) is 4.19. The summed E-state index contributed by atoms with van der Waals surface area (Å²) < 4.78 is 32.2. The van der Waals surface area contributed by atoms with Crippen LogP contribution >= 0.6 is 0 Å². The van der Waals surface area contributed by atoms with Gasteiger partial charge in [0.05, 0.1) is 5.69 Å². The highest BCUT2D eigenvalue weighted by molar-refractivity contribution is 7.89. The summed E-state index contributed by atoms with van der Waals surface area (Å²) in [6.45, 7) is 0.400. The molecule has 0 aliphatic rings. The van der Waals surface area contributed by atoms with Crippen molar-refractivity contribution in [2.75, 3.05) is 18.6 Å². The van der Waals surface area contributed by atoms with E-state index < -0.39 is 10.0 Å². The van der Waals surface area contributed by atoms with Crippen molar-refractivity contribution in [1.82, 2.24) is 4.72 Å². The number of hydrogen-bond acceptors (Lipinski definition) is 5. The molecule has 0 amide bonds. The monoisotopic (exact) mass is 307 g/mol. The van der Waals surface area contributed by atoms with Gasteiger partial charge in [-0.2, -0.15) is 0 Å². The summed E-state index contributed by atoms with van der Waals surface area (Å²) >= 11 is 0. The van der Waals surface area contributed by atoms with E-state index in [0.29, 0.717) is 11.4 Å². The maximum absolute atomic E-state index is 12.2. The van der Waals surface area contributed by atoms with E-state index >= 15 is 0 Å². The summed E-state index contributed by atoms with van der Waals surface area (Å²) in [5, 5.41) is 0. The Morgan fingerprint density at radius 2 is 1.67 bits per heavy atom. The summed E-state index contributed by atoms with van der Waals surface area (Å²) in [5.41, 5.74) is 2.71. The number of ether oxygens (including phenoxy) is 1. The standard InChI is InChI=1S/C14H17N3O3S/c15-17-13-8-4-5-9-14(13)21(18,19)16-10-11-20-12-6-2-1-3-7-12/h1-9,16-17H,10-11,15H2. The highest BCUT2D eigenvalue weighted by Gasteiger charge is 2.17. The molecule has 0 bridgehead atoms. The molecule has 0 aliphatic heterocycles. The second-order valence-corrected chi connectivity index (χ2v) is 5.94. The first-order valence-corrected chi connectivity index (χ1v) is 7.85. The van der Waals surface area contributed by atoms with Gasteiger partial charge in [-0.3, -0.25) is 5.84 Å². The lowest BCUT2D eigenvalue weighted by Gasteiger charge is -2.11. The third-order valence-electron chi connectivity index (χ3n) is 2.74. The quantitative estimate of drug-likeness (QED) is 0.407. The minimum absolute atomic E-state index is 0.104. The van der Waals surface area contributed by atoms with Crippen LogP contribution in [0.5, 0.6) is 5.75 Å². The number of anilines is 1. The van der Waals surface area contributed by atoms with E-state index in [0.717, 1.165) is 0 Å². The van der Waals surface area contributed by atoms with Crippen molar-refractivity contribution in [2.45, 2.75) is 4.90 Å². The first kappa shape index (κ1) is 15.3. The van der Waals surface area contributed by atoms with Gasteiger partial charge in [0.15, 0.2) is 0 Å². The van der Waals surface area contributed by atoms with Gasteiger partial charge in [-0.15, -0.1) is 0 Å². The zero-order valence-corrected chi connectivity index (χ0v) is 12.1. The smallest absolute Gasteiger partial charge is 0.242 e. The molecule has 0 saturated heterocycles. The molecule has 0 heterocycles.